The van der Waals surface area contributed by atoms with Crippen molar-refractivity contribution in [2.75, 3.05) is 7.11 Å². The van der Waals surface area contributed by atoms with Crippen molar-refractivity contribution in [2.24, 2.45) is 0 Å². The third-order valence-electron chi connectivity index (χ3n) is 3.22. The Bertz CT molecular complexity index is 609. The van der Waals surface area contributed by atoms with Crippen molar-refractivity contribution >= 4 is 5.97 Å². The van der Waals surface area contributed by atoms with E-state index in [0.717, 1.165) is 6.42 Å². The highest BCUT2D eigenvalue weighted by Gasteiger charge is 2.29. The first kappa shape index (κ1) is 15.3. The zero-order chi connectivity index (χ0) is 15.5. The van der Waals surface area contributed by atoms with E-state index in [4.69, 9.17) is 9.15 Å². The molecule has 0 aliphatic carbocycles. The number of carbonyl (C=O) groups excluding carboxylic acids is 1. The largest absolute Gasteiger partial charge is 0.463 e. The van der Waals surface area contributed by atoms with Crippen molar-refractivity contribution in [1.82, 2.24) is 4.98 Å². The first-order valence-corrected chi connectivity index (χ1v) is 7.04. The third-order valence-corrected chi connectivity index (χ3v) is 3.22. The molecule has 0 aliphatic rings. The van der Waals surface area contributed by atoms with Crippen LogP contribution in [0.25, 0.3) is 0 Å². The standard InChI is InChI=1S/C17H21NO3/c1-17(2,3)15-14(16(19)20-4)21-13(18-15)11-10-12-8-6-5-7-9-12/h5-9H,10-11H2,1-4H3. The first-order valence-electron chi connectivity index (χ1n) is 7.04. The second kappa shape index (κ2) is 6.12. The van der Waals surface area contributed by atoms with Gasteiger partial charge in [0.25, 0.3) is 0 Å². The number of ether oxygens (including phenoxy) is 1. The molecule has 0 saturated carbocycles. The van der Waals surface area contributed by atoms with Crippen LogP contribution >= 0.6 is 0 Å². The topological polar surface area (TPSA) is 52.3 Å². The number of esters is 1. The molecule has 0 amide bonds. The molecule has 0 bridgehead atoms. The highest BCUT2D eigenvalue weighted by molar-refractivity contribution is 5.87. The maximum absolute atomic E-state index is 11.8. The molecule has 4 heteroatoms. The van der Waals surface area contributed by atoms with E-state index >= 15 is 0 Å². The van der Waals surface area contributed by atoms with E-state index < -0.39 is 5.97 Å². The molecule has 0 unspecified atom stereocenters. The van der Waals surface area contributed by atoms with Crippen LogP contribution in [0, 0.1) is 0 Å². The zero-order valence-corrected chi connectivity index (χ0v) is 13.0. The predicted molar refractivity (Wildman–Crippen MR) is 80.4 cm³/mol. The van der Waals surface area contributed by atoms with Crippen molar-refractivity contribution in [1.29, 1.82) is 0 Å². The highest BCUT2D eigenvalue weighted by Crippen LogP contribution is 2.27. The number of nitrogens with zero attached hydrogens (tertiary/aromatic N) is 1. The summed E-state index contributed by atoms with van der Waals surface area (Å²) in [7, 11) is 1.35. The van der Waals surface area contributed by atoms with Crippen molar-refractivity contribution in [3.05, 3.63) is 53.2 Å². The van der Waals surface area contributed by atoms with Gasteiger partial charge in [-0.15, -0.1) is 0 Å². The Morgan fingerprint density at radius 3 is 2.43 bits per heavy atom. The second-order valence-corrected chi connectivity index (χ2v) is 6.01. The summed E-state index contributed by atoms with van der Waals surface area (Å²) in [5.74, 6) is 0.315. The van der Waals surface area contributed by atoms with E-state index in [2.05, 4.69) is 17.1 Å². The maximum atomic E-state index is 11.8. The summed E-state index contributed by atoms with van der Waals surface area (Å²) in [5.41, 5.74) is 1.60. The van der Waals surface area contributed by atoms with Gasteiger partial charge in [-0.2, -0.15) is 0 Å². The average Bonchev–Trinajstić information content (AvgIpc) is 2.90. The van der Waals surface area contributed by atoms with Gasteiger partial charge < -0.3 is 9.15 Å². The maximum Gasteiger partial charge on any atom is 0.376 e. The minimum Gasteiger partial charge on any atom is -0.463 e. The quantitative estimate of drug-likeness (QED) is 0.807. The second-order valence-electron chi connectivity index (χ2n) is 6.01. The summed E-state index contributed by atoms with van der Waals surface area (Å²) < 4.78 is 10.4. The Labute approximate surface area is 125 Å². The fourth-order valence-electron chi connectivity index (χ4n) is 2.11. The van der Waals surface area contributed by atoms with E-state index in [1.165, 1.54) is 12.7 Å². The van der Waals surface area contributed by atoms with E-state index in [-0.39, 0.29) is 11.2 Å². The minimum atomic E-state index is -0.474. The van der Waals surface area contributed by atoms with Crippen LogP contribution in [-0.2, 0) is 23.0 Å². The normalized spacial score (nSPS) is 11.4. The van der Waals surface area contributed by atoms with Gasteiger partial charge in [0, 0.05) is 11.8 Å². The van der Waals surface area contributed by atoms with Gasteiger partial charge in [0.05, 0.1) is 12.8 Å². The molecular formula is C17H21NO3. The summed E-state index contributed by atoms with van der Waals surface area (Å²) in [4.78, 5) is 16.3. The Kier molecular flexibility index (Phi) is 4.46. The Hall–Kier alpha value is -2.10. The first-order chi connectivity index (χ1) is 9.91. The molecule has 0 radical (unpaired) electrons. The number of carbonyl (C=O) groups is 1. The molecular weight excluding hydrogens is 266 g/mol. The number of benzene rings is 1. The van der Waals surface area contributed by atoms with Crippen molar-refractivity contribution in [2.45, 2.75) is 39.0 Å². The number of hydrogen-bond acceptors (Lipinski definition) is 4. The fourth-order valence-corrected chi connectivity index (χ4v) is 2.11. The fraction of sp³-hybridized carbons (Fsp3) is 0.412. The van der Waals surface area contributed by atoms with Gasteiger partial charge >= 0.3 is 5.97 Å². The molecule has 21 heavy (non-hydrogen) atoms. The van der Waals surface area contributed by atoms with Crippen molar-refractivity contribution in [3.8, 4) is 0 Å². The smallest absolute Gasteiger partial charge is 0.376 e. The molecule has 0 saturated heterocycles. The van der Waals surface area contributed by atoms with Crippen LogP contribution < -0.4 is 0 Å². The lowest BCUT2D eigenvalue weighted by molar-refractivity contribution is 0.0559. The van der Waals surface area contributed by atoms with Crippen LogP contribution in [0.15, 0.2) is 34.7 Å². The van der Waals surface area contributed by atoms with Gasteiger partial charge in [0.15, 0.2) is 5.89 Å². The SMILES string of the molecule is COC(=O)c1oc(CCc2ccccc2)nc1C(C)(C)C. The number of aryl methyl sites for hydroxylation is 2. The monoisotopic (exact) mass is 287 g/mol. The molecule has 0 aliphatic heterocycles. The summed E-state index contributed by atoms with van der Waals surface area (Å²) in [6.07, 6.45) is 1.48. The van der Waals surface area contributed by atoms with Crippen molar-refractivity contribution < 1.29 is 13.9 Å². The Morgan fingerprint density at radius 1 is 1.19 bits per heavy atom. The van der Waals surface area contributed by atoms with Crippen LogP contribution in [0.2, 0.25) is 0 Å². The lowest BCUT2D eigenvalue weighted by atomic mass is 9.91. The molecule has 112 valence electrons. The van der Waals surface area contributed by atoms with E-state index in [9.17, 15) is 4.79 Å². The molecule has 2 aromatic rings. The summed E-state index contributed by atoms with van der Waals surface area (Å²) >= 11 is 0. The Morgan fingerprint density at radius 2 is 1.86 bits per heavy atom. The molecule has 0 N–H and O–H groups in total. The van der Waals surface area contributed by atoms with Crippen LogP contribution in [0.5, 0.6) is 0 Å². The van der Waals surface area contributed by atoms with E-state index in [1.54, 1.807) is 0 Å². The van der Waals surface area contributed by atoms with Crippen LogP contribution in [0.1, 0.15) is 48.5 Å². The van der Waals surface area contributed by atoms with Crippen LogP contribution in [0.3, 0.4) is 0 Å². The molecule has 0 fully saturated rings. The number of hydrogen-bond donors (Lipinski definition) is 0. The highest BCUT2D eigenvalue weighted by atomic mass is 16.5. The molecule has 2 rings (SSSR count). The van der Waals surface area contributed by atoms with E-state index in [0.29, 0.717) is 18.0 Å². The van der Waals surface area contributed by atoms with Crippen molar-refractivity contribution in [3.63, 3.8) is 0 Å². The van der Waals surface area contributed by atoms with Gasteiger partial charge in [-0.3, -0.25) is 0 Å². The molecule has 1 aromatic heterocycles. The number of oxazole rings is 1. The molecule has 0 spiro atoms. The molecule has 1 heterocycles. The number of rotatable bonds is 4. The van der Waals surface area contributed by atoms with Gasteiger partial charge in [-0.25, -0.2) is 9.78 Å². The van der Waals surface area contributed by atoms with Gasteiger partial charge in [-0.05, 0) is 12.0 Å². The molecule has 0 atom stereocenters. The molecule has 4 nitrogen and oxygen atoms in total. The molecule has 1 aromatic carbocycles. The average molecular weight is 287 g/mol. The summed E-state index contributed by atoms with van der Waals surface area (Å²) in [6.45, 7) is 5.99. The van der Waals surface area contributed by atoms with Crippen LogP contribution in [0.4, 0.5) is 0 Å². The predicted octanol–water partition coefficient (Wildman–Crippen LogP) is 3.54. The summed E-state index contributed by atoms with van der Waals surface area (Å²) in [6, 6.07) is 10.1. The van der Waals surface area contributed by atoms with Gasteiger partial charge in [0.2, 0.25) is 5.76 Å². The zero-order valence-electron chi connectivity index (χ0n) is 13.0. The minimum absolute atomic E-state index is 0.216. The van der Waals surface area contributed by atoms with Gasteiger partial charge in [0.1, 0.15) is 0 Å². The van der Waals surface area contributed by atoms with E-state index in [1.807, 2.05) is 39.0 Å². The number of aromatic nitrogens is 1. The lowest BCUT2D eigenvalue weighted by Crippen LogP contribution is -2.17. The number of methoxy groups -OCH3 is 1. The lowest BCUT2D eigenvalue weighted by Gasteiger charge is -2.15. The van der Waals surface area contributed by atoms with Crippen LogP contribution in [-0.4, -0.2) is 18.1 Å². The Balaban J connectivity index is 2.21. The summed E-state index contributed by atoms with van der Waals surface area (Å²) in [5, 5.41) is 0. The third kappa shape index (κ3) is 3.72. The van der Waals surface area contributed by atoms with Gasteiger partial charge in [-0.1, -0.05) is 51.1 Å².